The van der Waals surface area contributed by atoms with Crippen molar-refractivity contribution in [3.63, 3.8) is 0 Å². The molecule has 1 N–H and O–H groups in total. The number of aryl methyl sites for hydroxylation is 2. The van der Waals surface area contributed by atoms with E-state index in [0.717, 1.165) is 27.0 Å². The predicted molar refractivity (Wildman–Crippen MR) is 114 cm³/mol. The van der Waals surface area contributed by atoms with Crippen LogP contribution in [0.5, 0.6) is 0 Å². The highest BCUT2D eigenvalue weighted by Gasteiger charge is 2.20. The van der Waals surface area contributed by atoms with Crippen LogP contribution in [0.1, 0.15) is 17.5 Å². The van der Waals surface area contributed by atoms with Crippen molar-refractivity contribution in [1.29, 1.82) is 0 Å². The average molecular weight is 486 g/mol. The summed E-state index contributed by atoms with van der Waals surface area (Å²) < 4.78 is 26.2. The number of amides is 1. The number of benzene rings is 2. The molecule has 0 heterocycles. The van der Waals surface area contributed by atoms with Gasteiger partial charge >= 0.3 is 0 Å². The molecule has 0 unspecified atom stereocenters. The Bertz CT molecular complexity index is 834. The standard InChI is InChI=1S/C19H23IN2O3S/c1-15-5-7-16(8-6-15)4-3-13-21-19(23)14-22(26(2,24)25)18-11-9-17(20)10-12-18/h5-12H,3-4,13-14H2,1-2H3,(H,21,23). The summed E-state index contributed by atoms with van der Waals surface area (Å²) in [5.74, 6) is -0.308. The number of anilines is 1. The fourth-order valence-corrected chi connectivity index (χ4v) is 3.68. The first-order valence-corrected chi connectivity index (χ1v) is 11.2. The molecule has 0 aliphatic rings. The van der Waals surface area contributed by atoms with E-state index < -0.39 is 10.0 Å². The van der Waals surface area contributed by atoms with E-state index in [4.69, 9.17) is 0 Å². The third-order valence-electron chi connectivity index (χ3n) is 3.89. The summed E-state index contributed by atoms with van der Waals surface area (Å²) in [6.45, 7) is 2.34. The van der Waals surface area contributed by atoms with Gasteiger partial charge in [-0.25, -0.2) is 8.42 Å². The molecule has 0 aliphatic heterocycles. The van der Waals surface area contributed by atoms with Crippen molar-refractivity contribution in [3.8, 4) is 0 Å². The Morgan fingerprint density at radius 2 is 1.69 bits per heavy atom. The maximum absolute atomic E-state index is 12.2. The smallest absolute Gasteiger partial charge is 0.240 e. The van der Waals surface area contributed by atoms with Gasteiger partial charge in [-0.3, -0.25) is 9.10 Å². The minimum Gasteiger partial charge on any atom is -0.355 e. The number of halogens is 1. The van der Waals surface area contributed by atoms with Crippen LogP contribution >= 0.6 is 22.6 Å². The first-order chi connectivity index (χ1) is 12.3. The molecule has 2 rings (SSSR count). The molecule has 26 heavy (non-hydrogen) atoms. The van der Waals surface area contributed by atoms with Crippen molar-refractivity contribution in [1.82, 2.24) is 5.32 Å². The molecule has 0 spiro atoms. The number of carbonyl (C=O) groups is 1. The van der Waals surface area contributed by atoms with E-state index in [9.17, 15) is 13.2 Å². The van der Waals surface area contributed by atoms with E-state index in [1.165, 1.54) is 11.1 Å². The number of carbonyl (C=O) groups excluding carboxylic acids is 1. The molecule has 0 saturated heterocycles. The van der Waals surface area contributed by atoms with Gasteiger partial charge in [0.25, 0.3) is 0 Å². The first-order valence-electron chi connectivity index (χ1n) is 8.31. The van der Waals surface area contributed by atoms with Crippen LogP contribution in [0, 0.1) is 10.5 Å². The third kappa shape index (κ3) is 6.60. The van der Waals surface area contributed by atoms with Crippen LogP contribution in [0.3, 0.4) is 0 Å². The van der Waals surface area contributed by atoms with Gasteiger partial charge in [0.15, 0.2) is 0 Å². The Labute approximate surface area is 169 Å². The molecule has 0 radical (unpaired) electrons. The molecule has 0 aromatic heterocycles. The minimum atomic E-state index is -3.53. The van der Waals surface area contributed by atoms with Crippen molar-refractivity contribution in [3.05, 3.63) is 63.2 Å². The second-order valence-corrected chi connectivity index (χ2v) is 9.34. The normalized spacial score (nSPS) is 11.2. The van der Waals surface area contributed by atoms with Gasteiger partial charge in [-0.2, -0.15) is 0 Å². The van der Waals surface area contributed by atoms with Gasteiger partial charge in [-0.15, -0.1) is 0 Å². The molecule has 0 bridgehead atoms. The van der Waals surface area contributed by atoms with Crippen molar-refractivity contribution < 1.29 is 13.2 Å². The minimum absolute atomic E-state index is 0.218. The summed E-state index contributed by atoms with van der Waals surface area (Å²) in [7, 11) is -3.53. The summed E-state index contributed by atoms with van der Waals surface area (Å²) in [6.07, 6.45) is 2.78. The van der Waals surface area contributed by atoms with Crippen LogP contribution < -0.4 is 9.62 Å². The summed E-state index contributed by atoms with van der Waals surface area (Å²) in [4.78, 5) is 12.2. The second-order valence-electron chi connectivity index (χ2n) is 6.19. The van der Waals surface area contributed by atoms with Crippen molar-refractivity contribution in [2.75, 3.05) is 23.7 Å². The van der Waals surface area contributed by atoms with Crippen LogP contribution in [0.15, 0.2) is 48.5 Å². The molecule has 0 fully saturated rings. The largest absolute Gasteiger partial charge is 0.355 e. The molecule has 5 nitrogen and oxygen atoms in total. The van der Waals surface area contributed by atoms with Crippen LogP contribution in [-0.4, -0.2) is 33.7 Å². The van der Waals surface area contributed by atoms with Crippen LogP contribution in [0.4, 0.5) is 5.69 Å². The summed E-state index contributed by atoms with van der Waals surface area (Å²) in [6, 6.07) is 15.3. The fourth-order valence-electron chi connectivity index (χ4n) is 2.47. The van der Waals surface area contributed by atoms with Crippen molar-refractivity contribution in [2.45, 2.75) is 19.8 Å². The zero-order valence-electron chi connectivity index (χ0n) is 14.9. The predicted octanol–water partition coefficient (Wildman–Crippen LogP) is 3.11. The molecular formula is C19H23IN2O3S. The number of nitrogens with one attached hydrogen (secondary N) is 1. The Hall–Kier alpha value is -1.61. The maximum Gasteiger partial charge on any atom is 0.240 e. The molecule has 7 heteroatoms. The van der Waals surface area contributed by atoms with Gasteiger partial charge in [0.05, 0.1) is 11.9 Å². The van der Waals surface area contributed by atoms with E-state index in [2.05, 4.69) is 52.2 Å². The molecular weight excluding hydrogens is 463 g/mol. The summed E-state index contributed by atoms with van der Waals surface area (Å²) in [5, 5.41) is 2.80. The molecule has 1 amide bonds. The lowest BCUT2D eigenvalue weighted by Crippen LogP contribution is -2.40. The molecule has 2 aromatic carbocycles. The molecule has 140 valence electrons. The number of nitrogens with zero attached hydrogens (tertiary/aromatic N) is 1. The second kappa shape index (κ2) is 9.36. The number of rotatable bonds is 8. The SMILES string of the molecule is Cc1ccc(CCCNC(=O)CN(c2ccc(I)cc2)S(C)(=O)=O)cc1. The third-order valence-corrected chi connectivity index (χ3v) is 5.75. The first kappa shape index (κ1) is 20.7. The van der Waals surface area contributed by atoms with E-state index in [1.54, 1.807) is 12.1 Å². The monoisotopic (exact) mass is 486 g/mol. The van der Waals surface area contributed by atoms with E-state index >= 15 is 0 Å². The van der Waals surface area contributed by atoms with Crippen LogP contribution in [0.2, 0.25) is 0 Å². The molecule has 0 saturated carbocycles. The highest BCUT2D eigenvalue weighted by molar-refractivity contribution is 14.1. The lowest BCUT2D eigenvalue weighted by Gasteiger charge is -2.22. The van der Waals surface area contributed by atoms with Crippen molar-refractivity contribution in [2.24, 2.45) is 0 Å². The molecule has 0 aliphatic carbocycles. The molecule has 0 atom stereocenters. The zero-order chi connectivity index (χ0) is 19.2. The highest BCUT2D eigenvalue weighted by atomic mass is 127. The number of hydrogen-bond donors (Lipinski definition) is 1. The van der Waals surface area contributed by atoms with Gasteiger partial charge in [-0.1, -0.05) is 29.8 Å². The lowest BCUT2D eigenvalue weighted by atomic mass is 10.1. The maximum atomic E-state index is 12.2. The van der Waals surface area contributed by atoms with Gasteiger partial charge in [0.1, 0.15) is 6.54 Å². The highest BCUT2D eigenvalue weighted by Crippen LogP contribution is 2.18. The lowest BCUT2D eigenvalue weighted by molar-refractivity contribution is -0.119. The van der Waals surface area contributed by atoms with Gasteiger partial charge in [-0.05, 0) is 72.2 Å². The fraction of sp³-hybridized carbons (Fsp3) is 0.316. The Morgan fingerprint density at radius 1 is 1.08 bits per heavy atom. The van der Waals surface area contributed by atoms with Gasteiger partial charge < -0.3 is 5.32 Å². The Kier molecular flexibility index (Phi) is 7.45. The Morgan fingerprint density at radius 3 is 2.27 bits per heavy atom. The number of sulfonamides is 1. The summed E-state index contributed by atoms with van der Waals surface area (Å²) in [5.41, 5.74) is 2.93. The van der Waals surface area contributed by atoms with Gasteiger partial charge in [0.2, 0.25) is 15.9 Å². The van der Waals surface area contributed by atoms with Gasteiger partial charge in [0, 0.05) is 10.1 Å². The van der Waals surface area contributed by atoms with E-state index in [-0.39, 0.29) is 12.5 Å². The summed E-state index contributed by atoms with van der Waals surface area (Å²) >= 11 is 2.15. The van der Waals surface area contributed by atoms with E-state index in [1.807, 2.05) is 19.1 Å². The topological polar surface area (TPSA) is 66.5 Å². The van der Waals surface area contributed by atoms with Crippen LogP contribution in [0.25, 0.3) is 0 Å². The quantitative estimate of drug-likeness (QED) is 0.461. The van der Waals surface area contributed by atoms with E-state index in [0.29, 0.717) is 12.2 Å². The zero-order valence-corrected chi connectivity index (χ0v) is 17.9. The number of hydrogen-bond acceptors (Lipinski definition) is 3. The average Bonchev–Trinajstić information content (AvgIpc) is 2.58. The van der Waals surface area contributed by atoms with Crippen LogP contribution in [-0.2, 0) is 21.2 Å². The molecule has 2 aromatic rings. The Balaban J connectivity index is 1.87. The van der Waals surface area contributed by atoms with Crippen molar-refractivity contribution >= 4 is 44.2 Å².